The number of imidazole rings is 1. The molecule has 0 aliphatic heterocycles. The summed E-state index contributed by atoms with van der Waals surface area (Å²) < 4.78 is 35.3. The number of hydrogen-bond donors (Lipinski definition) is 1. The Kier molecular flexibility index (Phi) is 7.12. The maximum atomic E-state index is 12.9. The number of esters is 1. The minimum absolute atomic E-state index is 0.113. The van der Waals surface area contributed by atoms with Crippen LogP contribution >= 0.6 is 0 Å². The number of nitrogens with one attached hydrogen (secondary N) is 1. The molecule has 166 valence electrons. The van der Waals surface area contributed by atoms with Crippen LogP contribution in [0.5, 0.6) is 0 Å². The summed E-state index contributed by atoms with van der Waals surface area (Å²) in [5.41, 5.74) is 2.91. The molecule has 0 aliphatic rings. The second kappa shape index (κ2) is 9.62. The second-order valence-electron chi connectivity index (χ2n) is 7.93. The number of para-hydroxylation sites is 2. The molecule has 3 rings (SSSR count). The van der Waals surface area contributed by atoms with E-state index in [1.54, 1.807) is 31.2 Å². The van der Waals surface area contributed by atoms with Crippen LogP contribution in [0.25, 0.3) is 11.0 Å². The van der Waals surface area contributed by atoms with Gasteiger partial charge < -0.3 is 9.30 Å². The summed E-state index contributed by atoms with van der Waals surface area (Å²) in [4.78, 5) is 16.9. The van der Waals surface area contributed by atoms with E-state index in [1.807, 2.05) is 45.0 Å². The fourth-order valence-corrected chi connectivity index (χ4v) is 4.71. The van der Waals surface area contributed by atoms with Gasteiger partial charge in [0, 0.05) is 6.54 Å². The third kappa shape index (κ3) is 5.51. The van der Waals surface area contributed by atoms with Crippen LogP contribution < -0.4 is 4.72 Å². The van der Waals surface area contributed by atoms with Crippen LogP contribution in [0.4, 0.5) is 0 Å². The average Bonchev–Trinajstić information content (AvgIpc) is 3.03. The number of nitrogens with zero attached hydrogens (tertiary/aromatic N) is 2. The van der Waals surface area contributed by atoms with Gasteiger partial charge in [0.15, 0.2) is 0 Å². The summed E-state index contributed by atoms with van der Waals surface area (Å²) in [6, 6.07) is 13.7. The Hall–Kier alpha value is -2.71. The molecule has 1 N–H and O–H groups in total. The molecule has 1 atom stereocenters. The van der Waals surface area contributed by atoms with Gasteiger partial charge in [-0.3, -0.25) is 4.79 Å². The molecule has 1 aromatic heterocycles. The number of carbonyl (C=O) groups is 1. The zero-order valence-electron chi connectivity index (χ0n) is 18.3. The molecular weight excluding hydrogens is 414 g/mol. The first-order valence-corrected chi connectivity index (χ1v) is 11.9. The monoisotopic (exact) mass is 443 g/mol. The van der Waals surface area contributed by atoms with E-state index in [4.69, 9.17) is 4.74 Å². The first kappa shape index (κ1) is 23.0. The third-order valence-corrected chi connectivity index (χ3v) is 6.48. The molecule has 0 fully saturated rings. The normalized spacial score (nSPS) is 12.9. The number of aryl methyl sites for hydroxylation is 1. The van der Waals surface area contributed by atoms with Gasteiger partial charge >= 0.3 is 5.97 Å². The number of fused-ring (bicyclic) bond motifs is 1. The molecule has 7 nitrogen and oxygen atoms in total. The summed E-state index contributed by atoms with van der Waals surface area (Å²) in [5, 5.41) is 0. The van der Waals surface area contributed by atoms with Crippen molar-refractivity contribution < 1.29 is 17.9 Å². The summed E-state index contributed by atoms with van der Waals surface area (Å²) >= 11 is 0. The zero-order valence-corrected chi connectivity index (χ0v) is 19.1. The van der Waals surface area contributed by atoms with E-state index in [9.17, 15) is 13.2 Å². The molecule has 0 saturated carbocycles. The predicted octanol–water partition coefficient (Wildman–Crippen LogP) is 3.65. The van der Waals surface area contributed by atoms with Crippen LogP contribution in [-0.4, -0.2) is 36.6 Å². The van der Waals surface area contributed by atoms with Crippen molar-refractivity contribution in [1.82, 2.24) is 14.3 Å². The van der Waals surface area contributed by atoms with Crippen molar-refractivity contribution >= 4 is 27.0 Å². The molecule has 0 saturated heterocycles. The lowest BCUT2D eigenvalue weighted by Gasteiger charge is -2.19. The Bertz CT molecular complexity index is 1150. The number of carbonyl (C=O) groups excluding carboxylic acids is 1. The lowest BCUT2D eigenvalue weighted by Crippen LogP contribution is -2.42. The first-order chi connectivity index (χ1) is 14.7. The highest BCUT2D eigenvalue weighted by Crippen LogP contribution is 2.19. The van der Waals surface area contributed by atoms with Crippen molar-refractivity contribution in [1.29, 1.82) is 0 Å². The molecular formula is C23H29N3O4S. The molecule has 0 amide bonds. The lowest BCUT2D eigenvalue weighted by atomic mass is 10.1. The maximum Gasteiger partial charge on any atom is 0.324 e. The van der Waals surface area contributed by atoms with Gasteiger partial charge in [-0.15, -0.1) is 0 Å². The third-order valence-electron chi connectivity index (χ3n) is 5.00. The molecule has 0 radical (unpaired) electrons. The van der Waals surface area contributed by atoms with Crippen molar-refractivity contribution in [2.24, 2.45) is 5.92 Å². The number of benzene rings is 2. The Balaban J connectivity index is 1.79. The topological polar surface area (TPSA) is 90.3 Å². The van der Waals surface area contributed by atoms with Gasteiger partial charge in [-0.1, -0.05) is 38.1 Å². The number of ether oxygens (including phenoxy) is 1. The van der Waals surface area contributed by atoms with Crippen molar-refractivity contribution in [3.05, 3.63) is 59.9 Å². The Morgan fingerprint density at radius 1 is 1.13 bits per heavy atom. The van der Waals surface area contributed by atoms with E-state index in [2.05, 4.69) is 14.3 Å². The molecule has 0 spiro atoms. The van der Waals surface area contributed by atoms with Crippen LogP contribution in [0.1, 0.15) is 38.6 Å². The van der Waals surface area contributed by atoms with Gasteiger partial charge in [0.25, 0.3) is 0 Å². The highest BCUT2D eigenvalue weighted by molar-refractivity contribution is 7.89. The predicted molar refractivity (Wildman–Crippen MR) is 120 cm³/mol. The summed E-state index contributed by atoms with van der Waals surface area (Å²) in [7, 11) is -3.86. The summed E-state index contributed by atoms with van der Waals surface area (Å²) in [6.45, 7) is 8.29. The van der Waals surface area contributed by atoms with E-state index >= 15 is 0 Å². The zero-order chi connectivity index (χ0) is 22.6. The SMILES string of the molecule is CCOC(=O)[C@H](CC(C)C)NS(=O)(=O)c1ccc(Cn2c(C)nc3ccccc32)cc1. The van der Waals surface area contributed by atoms with Crippen molar-refractivity contribution in [2.45, 2.75) is 51.6 Å². The molecule has 2 aromatic carbocycles. The van der Waals surface area contributed by atoms with Crippen molar-refractivity contribution in [3.63, 3.8) is 0 Å². The Morgan fingerprint density at radius 2 is 1.81 bits per heavy atom. The summed E-state index contributed by atoms with van der Waals surface area (Å²) in [5.74, 6) is 0.470. The van der Waals surface area contributed by atoms with E-state index in [0.717, 1.165) is 22.4 Å². The number of hydrogen-bond acceptors (Lipinski definition) is 5. The molecule has 31 heavy (non-hydrogen) atoms. The lowest BCUT2D eigenvalue weighted by molar-refractivity contribution is -0.145. The maximum absolute atomic E-state index is 12.9. The highest BCUT2D eigenvalue weighted by Gasteiger charge is 2.27. The van der Waals surface area contributed by atoms with Gasteiger partial charge in [0.1, 0.15) is 11.9 Å². The van der Waals surface area contributed by atoms with E-state index < -0.39 is 22.0 Å². The van der Waals surface area contributed by atoms with E-state index in [0.29, 0.717) is 13.0 Å². The molecule has 1 heterocycles. The molecule has 0 bridgehead atoms. The molecule has 0 aliphatic carbocycles. The van der Waals surface area contributed by atoms with Crippen LogP contribution in [0, 0.1) is 12.8 Å². The highest BCUT2D eigenvalue weighted by atomic mass is 32.2. The number of sulfonamides is 1. The smallest absolute Gasteiger partial charge is 0.324 e. The first-order valence-electron chi connectivity index (χ1n) is 10.4. The van der Waals surface area contributed by atoms with Gasteiger partial charge in [-0.05, 0) is 56.0 Å². The van der Waals surface area contributed by atoms with Gasteiger partial charge in [0.05, 0.1) is 22.5 Å². The van der Waals surface area contributed by atoms with Crippen LogP contribution in [0.3, 0.4) is 0 Å². The number of aromatic nitrogens is 2. The number of rotatable bonds is 9. The quantitative estimate of drug-likeness (QED) is 0.510. The standard InChI is InChI=1S/C23H29N3O4S/c1-5-30-23(27)21(14-16(2)3)25-31(28,29)19-12-10-18(11-13-19)15-26-17(4)24-20-8-6-7-9-22(20)26/h6-13,16,21,25H,5,14-15H2,1-4H3/t21-/m0/s1. The molecule has 3 aromatic rings. The fraction of sp³-hybridized carbons (Fsp3) is 0.391. The minimum atomic E-state index is -3.86. The average molecular weight is 444 g/mol. The molecule has 0 unspecified atom stereocenters. The van der Waals surface area contributed by atoms with Gasteiger partial charge in [-0.2, -0.15) is 4.72 Å². The largest absolute Gasteiger partial charge is 0.465 e. The minimum Gasteiger partial charge on any atom is -0.465 e. The fourth-order valence-electron chi connectivity index (χ4n) is 3.51. The molecule has 8 heteroatoms. The van der Waals surface area contributed by atoms with Crippen molar-refractivity contribution in [3.8, 4) is 0 Å². The Labute approximate surface area is 183 Å². The second-order valence-corrected chi connectivity index (χ2v) is 9.65. The summed E-state index contributed by atoms with van der Waals surface area (Å²) in [6.07, 6.45) is 0.364. The van der Waals surface area contributed by atoms with Crippen LogP contribution in [0.2, 0.25) is 0 Å². The van der Waals surface area contributed by atoms with Crippen molar-refractivity contribution in [2.75, 3.05) is 6.61 Å². The van der Waals surface area contributed by atoms with Crippen LogP contribution in [-0.2, 0) is 26.1 Å². The van der Waals surface area contributed by atoms with E-state index in [1.165, 1.54) is 0 Å². The van der Waals surface area contributed by atoms with Gasteiger partial charge in [-0.25, -0.2) is 13.4 Å². The Morgan fingerprint density at radius 3 is 2.45 bits per heavy atom. The van der Waals surface area contributed by atoms with Crippen LogP contribution in [0.15, 0.2) is 53.4 Å². The van der Waals surface area contributed by atoms with E-state index in [-0.39, 0.29) is 17.4 Å². The van der Waals surface area contributed by atoms with Gasteiger partial charge in [0.2, 0.25) is 10.0 Å².